The second-order valence-corrected chi connectivity index (χ2v) is 7.61. The molecule has 0 aliphatic rings. The van der Waals surface area contributed by atoms with Crippen LogP contribution in [0.2, 0.25) is 5.02 Å². The van der Waals surface area contributed by atoms with E-state index in [1.165, 1.54) is 0 Å². The molecule has 0 saturated heterocycles. The first kappa shape index (κ1) is 22.8. The molecule has 0 saturated carbocycles. The van der Waals surface area contributed by atoms with Gasteiger partial charge >= 0.3 is 5.97 Å². The quantitative estimate of drug-likeness (QED) is 0.561. The van der Waals surface area contributed by atoms with Gasteiger partial charge in [0.2, 0.25) is 0 Å². The number of esters is 1. The fourth-order valence-electron chi connectivity index (χ4n) is 2.41. The summed E-state index contributed by atoms with van der Waals surface area (Å²) in [4.78, 5) is 36.7. The number of amides is 2. The minimum absolute atomic E-state index is 0.300. The van der Waals surface area contributed by atoms with Crippen LogP contribution in [0.4, 0.5) is 0 Å². The Morgan fingerprint density at radius 3 is 2.41 bits per heavy atom. The molecule has 0 bridgehead atoms. The Morgan fingerprint density at radius 1 is 1.07 bits per heavy atom. The van der Waals surface area contributed by atoms with Crippen molar-refractivity contribution in [2.24, 2.45) is 0 Å². The summed E-state index contributed by atoms with van der Waals surface area (Å²) in [5.41, 5.74) is 1.33. The molecule has 2 rings (SSSR count). The number of thioether (sulfide) groups is 1. The minimum atomic E-state index is -0.820. The Balaban J connectivity index is 1.83. The smallest absolute Gasteiger partial charge is 0.329 e. The van der Waals surface area contributed by atoms with E-state index in [1.807, 2.05) is 6.26 Å². The Morgan fingerprint density at radius 2 is 1.76 bits per heavy atom. The number of hydrogen-bond acceptors (Lipinski definition) is 5. The van der Waals surface area contributed by atoms with Crippen LogP contribution in [0.15, 0.2) is 54.6 Å². The van der Waals surface area contributed by atoms with Gasteiger partial charge in [-0.05, 0) is 48.3 Å². The van der Waals surface area contributed by atoms with Gasteiger partial charge in [-0.25, -0.2) is 4.79 Å². The van der Waals surface area contributed by atoms with Crippen molar-refractivity contribution < 1.29 is 19.1 Å². The second kappa shape index (κ2) is 12.1. The van der Waals surface area contributed by atoms with Crippen LogP contribution in [0, 0.1) is 0 Å². The summed E-state index contributed by atoms with van der Waals surface area (Å²) in [5, 5.41) is 5.97. The van der Waals surface area contributed by atoms with Gasteiger partial charge in [0, 0.05) is 17.1 Å². The molecule has 154 valence electrons. The van der Waals surface area contributed by atoms with Crippen LogP contribution in [-0.4, -0.2) is 42.4 Å². The molecule has 1 unspecified atom stereocenters. The Kier molecular flexibility index (Phi) is 9.53. The summed E-state index contributed by atoms with van der Waals surface area (Å²) in [6.45, 7) is -0.113. The molecule has 0 heterocycles. The lowest BCUT2D eigenvalue weighted by molar-refractivity contribution is -0.150. The zero-order valence-electron chi connectivity index (χ0n) is 16.0. The Bertz CT molecular complexity index is 815. The van der Waals surface area contributed by atoms with Gasteiger partial charge in [-0.3, -0.25) is 9.59 Å². The molecular weight excluding hydrogens is 412 g/mol. The maximum Gasteiger partial charge on any atom is 0.329 e. The summed E-state index contributed by atoms with van der Waals surface area (Å²) in [7, 11) is 0. The molecule has 2 aromatic carbocycles. The van der Waals surface area contributed by atoms with Crippen molar-refractivity contribution in [1.82, 2.24) is 10.6 Å². The first-order chi connectivity index (χ1) is 14.0. The van der Waals surface area contributed by atoms with Crippen LogP contribution >= 0.6 is 23.4 Å². The topological polar surface area (TPSA) is 84.5 Å². The lowest BCUT2D eigenvalue weighted by atomic mass is 10.1. The molecule has 29 heavy (non-hydrogen) atoms. The maximum atomic E-state index is 12.4. The van der Waals surface area contributed by atoms with Crippen molar-refractivity contribution in [2.75, 3.05) is 18.6 Å². The molecular formula is C21H23ClN2O4S. The fourth-order valence-corrected chi connectivity index (χ4v) is 3.00. The van der Waals surface area contributed by atoms with E-state index in [1.54, 1.807) is 66.4 Å². The molecule has 6 nitrogen and oxygen atoms in total. The average Bonchev–Trinajstić information content (AvgIpc) is 2.75. The molecule has 0 fully saturated rings. The highest BCUT2D eigenvalue weighted by Gasteiger charge is 2.23. The third-order valence-corrected chi connectivity index (χ3v) is 4.88. The van der Waals surface area contributed by atoms with E-state index < -0.39 is 24.5 Å². The van der Waals surface area contributed by atoms with Gasteiger partial charge < -0.3 is 15.4 Å². The van der Waals surface area contributed by atoms with Gasteiger partial charge in [0.25, 0.3) is 11.8 Å². The molecule has 8 heteroatoms. The number of nitrogens with one attached hydrogen (secondary N) is 2. The van der Waals surface area contributed by atoms with E-state index in [0.717, 1.165) is 5.56 Å². The SMILES string of the molecule is CSCCC(NC(=O)c1ccccc1)C(=O)OCC(=O)NCc1ccc(Cl)cc1. The van der Waals surface area contributed by atoms with E-state index in [0.29, 0.717) is 29.3 Å². The van der Waals surface area contributed by atoms with E-state index in [4.69, 9.17) is 16.3 Å². The van der Waals surface area contributed by atoms with Crippen molar-refractivity contribution in [3.63, 3.8) is 0 Å². The van der Waals surface area contributed by atoms with Crippen molar-refractivity contribution >= 4 is 41.1 Å². The number of ether oxygens (including phenoxy) is 1. The zero-order valence-corrected chi connectivity index (χ0v) is 17.6. The van der Waals surface area contributed by atoms with Gasteiger partial charge in [0.05, 0.1) is 0 Å². The highest BCUT2D eigenvalue weighted by Crippen LogP contribution is 2.09. The van der Waals surface area contributed by atoms with Crippen LogP contribution in [0.5, 0.6) is 0 Å². The van der Waals surface area contributed by atoms with Gasteiger partial charge in [-0.1, -0.05) is 41.9 Å². The summed E-state index contributed by atoms with van der Waals surface area (Å²) < 4.78 is 5.11. The highest BCUT2D eigenvalue weighted by atomic mass is 35.5. The maximum absolute atomic E-state index is 12.4. The van der Waals surface area contributed by atoms with E-state index in [-0.39, 0.29) is 5.91 Å². The number of carbonyl (C=O) groups excluding carboxylic acids is 3. The van der Waals surface area contributed by atoms with Crippen LogP contribution < -0.4 is 10.6 Å². The van der Waals surface area contributed by atoms with Gasteiger partial charge in [-0.15, -0.1) is 0 Å². The molecule has 1 atom stereocenters. The molecule has 0 spiro atoms. The number of benzene rings is 2. The van der Waals surface area contributed by atoms with Crippen LogP contribution in [0.25, 0.3) is 0 Å². The average molecular weight is 435 g/mol. The number of carbonyl (C=O) groups is 3. The van der Waals surface area contributed by atoms with Crippen molar-refractivity contribution in [3.8, 4) is 0 Å². The largest absolute Gasteiger partial charge is 0.454 e. The second-order valence-electron chi connectivity index (χ2n) is 6.18. The van der Waals surface area contributed by atoms with Crippen molar-refractivity contribution in [1.29, 1.82) is 0 Å². The normalized spacial score (nSPS) is 11.4. The Labute approximate surface area is 179 Å². The minimum Gasteiger partial charge on any atom is -0.454 e. The third kappa shape index (κ3) is 8.17. The van der Waals surface area contributed by atoms with Crippen LogP contribution in [0.1, 0.15) is 22.3 Å². The van der Waals surface area contributed by atoms with Gasteiger partial charge in [0.15, 0.2) is 6.61 Å². The molecule has 2 N–H and O–H groups in total. The van der Waals surface area contributed by atoms with Crippen molar-refractivity contribution in [3.05, 3.63) is 70.7 Å². The summed E-state index contributed by atoms with van der Waals surface area (Å²) in [6, 6.07) is 14.9. The standard InChI is InChI=1S/C21H23ClN2O4S/c1-29-12-11-18(24-20(26)16-5-3-2-4-6-16)21(27)28-14-19(25)23-13-15-7-9-17(22)10-8-15/h2-10,18H,11-14H2,1H3,(H,23,25)(H,24,26). The van der Waals surface area contributed by atoms with Crippen LogP contribution in [0.3, 0.4) is 0 Å². The number of halogens is 1. The Hall–Kier alpha value is -2.51. The first-order valence-corrected chi connectivity index (χ1v) is 10.8. The molecule has 0 aliphatic heterocycles. The third-order valence-electron chi connectivity index (χ3n) is 3.98. The summed E-state index contributed by atoms with van der Waals surface area (Å²) >= 11 is 7.38. The first-order valence-electron chi connectivity index (χ1n) is 9.02. The summed E-state index contributed by atoms with van der Waals surface area (Å²) in [5.74, 6) is -0.755. The predicted octanol–water partition coefficient (Wildman–Crippen LogP) is 3.05. The lowest BCUT2D eigenvalue weighted by Crippen LogP contribution is -2.43. The number of hydrogen-bond donors (Lipinski definition) is 2. The monoisotopic (exact) mass is 434 g/mol. The van der Waals surface area contributed by atoms with Crippen LogP contribution in [-0.2, 0) is 20.9 Å². The fraction of sp³-hybridized carbons (Fsp3) is 0.286. The summed E-state index contributed by atoms with van der Waals surface area (Å²) in [6.07, 6.45) is 2.32. The molecule has 2 aromatic rings. The molecule has 0 aromatic heterocycles. The van der Waals surface area contributed by atoms with Gasteiger partial charge in [0.1, 0.15) is 6.04 Å². The van der Waals surface area contributed by atoms with E-state index >= 15 is 0 Å². The highest BCUT2D eigenvalue weighted by molar-refractivity contribution is 7.98. The zero-order chi connectivity index (χ0) is 21.1. The molecule has 0 aliphatic carbocycles. The van der Waals surface area contributed by atoms with Crippen molar-refractivity contribution in [2.45, 2.75) is 19.0 Å². The van der Waals surface area contributed by atoms with E-state index in [9.17, 15) is 14.4 Å². The predicted molar refractivity (Wildman–Crippen MR) is 115 cm³/mol. The number of rotatable bonds is 10. The van der Waals surface area contributed by atoms with Gasteiger partial charge in [-0.2, -0.15) is 11.8 Å². The lowest BCUT2D eigenvalue weighted by Gasteiger charge is -2.17. The van der Waals surface area contributed by atoms with E-state index in [2.05, 4.69) is 10.6 Å². The molecule has 0 radical (unpaired) electrons. The molecule has 2 amide bonds.